The fourth-order valence-electron chi connectivity index (χ4n) is 1.69. The summed E-state index contributed by atoms with van der Waals surface area (Å²) in [6.07, 6.45) is 0.836. The van der Waals surface area contributed by atoms with E-state index in [1.807, 2.05) is 25.9 Å². The number of hydrogen-bond donors (Lipinski definition) is 1. The van der Waals surface area contributed by atoms with Crippen LogP contribution in [0.25, 0.3) is 0 Å². The van der Waals surface area contributed by atoms with Crippen LogP contribution in [0.3, 0.4) is 0 Å². The molecule has 0 bridgehead atoms. The average Bonchev–Trinajstić information content (AvgIpc) is 2.44. The SMILES string of the molecule is Cc1nn(C)c(CN(C)CCCC(=O)O)c1Cl. The second kappa shape index (κ2) is 6.02. The predicted octanol–water partition coefficient (Wildman–Crippen LogP) is 1.68. The van der Waals surface area contributed by atoms with Gasteiger partial charge in [-0.25, -0.2) is 0 Å². The lowest BCUT2D eigenvalue weighted by Crippen LogP contribution is -2.21. The van der Waals surface area contributed by atoms with Gasteiger partial charge in [0.05, 0.1) is 16.4 Å². The summed E-state index contributed by atoms with van der Waals surface area (Å²) in [5.41, 5.74) is 1.78. The maximum atomic E-state index is 10.4. The lowest BCUT2D eigenvalue weighted by molar-refractivity contribution is -0.137. The van der Waals surface area contributed by atoms with Crippen molar-refractivity contribution in [3.05, 3.63) is 16.4 Å². The van der Waals surface area contributed by atoms with E-state index in [1.165, 1.54) is 0 Å². The summed E-state index contributed by atoms with van der Waals surface area (Å²) in [5, 5.41) is 13.5. The molecule has 0 spiro atoms. The first-order chi connectivity index (χ1) is 7.91. The number of halogens is 1. The number of rotatable bonds is 6. The van der Waals surface area contributed by atoms with Crippen LogP contribution in [0.2, 0.25) is 5.02 Å². The number of carbonyl (C=O) groups is 1. The van der Waals surface area contributed by atoms with Crippen molar-refractivity contribution >= 4 is 17.6 Å². The summed E-state index contributed by atoms with van der Waals surface area (Å²) >= 11 is 6.14. The van der Waals surface area contributed by atoms with Gasteiger partial charge in [-0.15, -0.1) is 0 Å². The third kappa shape index (κ3) is 4.02. The maximum Gasteiger partial charge on any atom is 0.303 e. The van der Waals surface area contributed by atoms with E-state index in [0.717, 1.165) is 17.9 Å². The standard InChI is InChI=1S/C11H18ClN3O2/c1-8-11(12)9(15(3)13-8)7-14(2)6-4-5-10(16)17/h4-7H2,1-3H3,(H,16,17). The molecule has 1 aromatic heterocycles. The van der Waals surface area contributed by atoms with Crippen molar-refractivity contribution in [1.29, 1.82) is 0 Å². The molecule has 0 atom stereocenters. The first-order valence-electron chi connectivity index (χ1n) is 5.50. The van der Waals surface area contributed by atoms with Crippen LogP contribution in [-0.2, 0) is 18.4 Å². The van der Waals surface area contributed by atoms with E-state index in [9.17, 15) is 4.79 Å². The van der Waals surface area contributed by atoms with Crippen LogP contribution < -0.4 is 0 Å². The van der Waals surface area contributed by atoms with Crippen LogP contribution in [-0.4, -0.2) is 39.3 Å². The molecular formula is C11H18ClN3O2. The Morgan fingerprint density at radius 1 is 1.59 bits per heavy atom. The molecule has 96 valence electrons. The highest BCUT2D eigenvalue weighted by Gasteiger charge is 2.12. The zero-order chi connectivity index (χ0) is 13.0. The van der Waals surface area contributed by atoms with Gasteiger partial charge in [0.2, 0.25) is 0 Å². The van der Waals surface area contributed by atoms with Gasteiger partial charge in [-0.1, -0.05) is 11.6 Å². The summed E-state index contributed by atoms with van der Waals surface area (Å²) in [6, 6.07) is 0. The minimum atomic E-state index is -0.757. The van der Waals surface area contributed by atoms with Crippen molar-refractivity contribution in [2.45, 2.75) is 26.3 Å². The fraction of sp³-hybridized carbons (Fsp3) is 0.636. The Morgan fingerprint density at radius 3 is 2.71 bits per heavy atom. The van der Waals surface area contributed by atoms with Crippen LogP contribution in [0, 0.1) is 6.92 Å². The lowest BCUT2D eigenvalue weighted by atomic mass is 10.3. The fourth-order valence-corrected chi connectivity index (χ4v) is 1.91. The van der Waals surface area contributed by atoms with Gasteiger partial charge in [-0.2, -0.15) is 5.10 Å². The lowest BCUT2D eigenvalue weighted by Gasteiger charge is -2.16. The van der Waals surface area contributed by atoms with Crippen LogP contribution >= 0.6 is 11.6 Å². The van der Waals surface area contributed by atoms with Crippen LogP contribution in [0.1, 0.15) is 24.2 Å². The number of carboxylic acids is 1. The van der Waals surface area contributed by atoms with Crippen molar-refractivity contribution in [2.24, 2.45) is 7.05 Å². The van der Waals surface area contributed by atoms with Gasteiger partial charge in [0.25, 0.3) is 0 Å². The molecule has 1 aromatic rings. The van der Waals surface area contributed by atoms with Crippen molar-refractivity contribution in [3.63, 3.8) is 0 Å². The number of aliphatic carboxylic acids is 1. The first kappa shape index (κ1) is 14.0. The number of aryl methyl sites for hydroxylation is 2. The molecule has 1 rings (SSSR count). The van der Waals surface area contributed by atoms with Gasteiger partial charge in [0.1, 0.15) is 0 Å². The summed E-state index contributed by atoms with van der Waals surface area (Å²) in [4.78, 5) is 12.4. The van der Waals surface area contributed by atoms with E-state index >= 15 is 0 Å². The van der Waals surface area contributed by atoms with Gasteiger partial charge >= 0.3 is 5.97 Å². The summed E-state index contributed by atoms with van der Waals surface area (Å²) in [6.45, 7) is 3.28. The van der Waals surface area contributed by atoms with Crippen molar-refractivity contribution in [2.75, 3.05) is 13.6 Å². The van der Waals surface area contributed by atoms with Crippen LogP contribution in [0.5, 0.6) is 0 Å². The molecular weight excluding hydrogens is 242 g/mol. The van der Waals surface area contributed by atoms with Crippen LogP contribution in [0.4, 0.5) is 0 Å². The molecule has 5 nitrogen and oxygen atoms in total. The molecule has 0 aliphatic rings. The minimum Gasteiger partial charge on any atom is -0.481 e. The molecule has 0 amide bonds. The molecule has 1 heterocycles. The molecule has 0 radical (unpaired) electrons. The second-order valence-electron chi connectivity index (χ2n) is 4.20. The van der Waals surface area contributed by atoms with Crippen molar-refractivity contribution in [1.82, 2.24) is 14.7 Å². The Balaban J connectivity index is 2.50. The quantitative estimate of drug-likeness (QED) is 0.845. The molecule has 0 aromatic carbocycles. The number of nitrogens with zero attached hydrogens (tertiary/aromatic N) is 3. The van der Waals surface area contributed by atoms with Gasteiger partial charge in [-0.3, -0.25) is 9.48 Å². The molecule has 0 saturated heterocycles. The van der Waals surface area contributed by atoms with Crippen molar-refractivity contribution in [3.8, 4) is 0 Å². The molecule has 0 saturated carbocycles. The highest BCUT2D eigenvalue weighted by atomic mass is 35.5. The zero-order valence-corrected chi connectivity index (χ0v) is 11.2. The average molecular weight is 260 g/mol. The Bertz CT molecular complexity index is 404. The summed E-state index contributed by atoms with van der Waals surface area (Å²) in [5.74, 6) is -0.757. The van der Waals surface area contributed by atoms with Gasteiger partial charge < -0.3 is 10.0 Å². The first-order valence-corrected chi connectivity index (χ1v) is 5.88. The topological polar surface area (TPSA) is 58.4 Å². The third-order valence-electron chi connectivity index (χ3n) is 2.61. The Labute approximate surface area is 106 Å². The van der Waals surface area contributed by atoms with E-state index in [-0.39, 0.29) is 6.42 Å². The van der Waals surface area contributed by atoms with Crippen LogP contribution in [0.15, 0.2) is 0 Å². The Hall–Kier alpha value is -1.07. The van der Waals surface area contributed by atoms with E-state index in [2.05, 4.69) is 5.10 Å². The van der Waals surface area contributed by atoms with E-state index in [1.54, 1.807) is 4.68 Å². The maximum absolute atomic E-state index is 10.4. The monoisotopic (exact) mass is 259 g/mol. The molecule has 0 fully saturated rings. The van der Waals surface area contributed by atoms with Crippen molar-refractivity contribution < 1.29 is 9.90 Å². The Morgan fingerprint density at radius 2 is 2.24 bits per heavy atom. The largest absolute Gasteiger partial charge is 0.481 e. The molecule has 17 heavy (non-hydrogen) atoms. The van der Waals surface area contributed by atoms with Gasteiger partial charge in [0.15, 0.2) is 0 Å². The van der Waals surface area contributed by atoms with E-state index in [0.29, 0.717) is 18.0 Å². The number of carboxylic acid groups (broad SMARTS) is 1. The third-order valence-corrected chi connectivity index (χ3v) is 3.10. The summed E-state index contributed by atoms with van der Waals surface area (Å²) < 4.78 is 1.77. The summed E-state index contributed by atoms with van der Waals surface area (Å²) in [7, 11) is 3.81. The normalized spacial score (nSPS) is 11.1. The molecule has 0 unspecified atom stereocenters. The molecule has 1 N–H and O–H groups in total. The van der Waals surface area contributed by atoms with E-state index < -0.39 is 5.97 Å². The molecule has 0 aliphatic carbocycles. The zero-order valence-electron chi connectivity index (χ0n) is 10.4. The van der Waals surface area contributed by atoms with E-state index in [4.69, 9.17) is 16.7 Å². The number of aromatic nitrogens is 2. The number of hydrogen-bond acceptors (Lipinski definition) is 3. The highest BCUT2D eigenvalue weighted by Crippen LogP contribution is 2.20. The molecule has 6 heteroatoms. The second-order valence-corrected chi connectivity index (χ2v) is 4.58. The Kier molecular flexibility index (Phi) is 4.96. The van der Waals surface area contributed by atoms with Gasteiger partial charge in [0, 0.05) is 20.0 Å². The highest BCUT2D eigenvalue weighted by molar-refractivity contribution is 6.31. The van der Waals surface area contributed by atoms with Gasteiger partial charge in [-0.05, 0) is 26.9 Å². The predicted molar refractivity (Wildman–Crippen MR) is 66.2 cm³/mol. The molecule has 0 aliphatic heterocycles. The minimum absolute atomic E-state index is 0.197. The smallest absolute Gasteiger partial charge is 0.303 e.